The minimum atomic E-state index is -0.00290. The lowest BCUT2D eigenvalue weighted by atomic mass is 10.1. The van der Waals surface area contributed by atoms with E-state index in [2.05, 4.69) is 29.7 Å². The smallest absolute Gasteiger partial charge is 0.238 e. The quantitative estimate of drug-likeness (QED) is 0.847. The van der Waals surface area contributed by atoms with Gasteiger partial charge in [-0.25, -0.2) is 0 Å². The zero-order valence-corrected chi connectivity index (χ0v) is 10.8. The topological polar surface area (TPSA) is 41.1 Å². The first-order valence-electron chi connectivity index (χ1n) is 5.91. The van der Waals surface area contributed by atoms with Crippen molar-refractivity contribution in [2.75, 3.05) is 18.2 Å². The molecule has 2 N–H and O–H groups in total. The molecule has 0 bridgehead atoms. The van der Waals surface area contributed by atoms with Gasteiger partial charge in [-0.15, -0.1) is 11.8 Å². The van der Waals surface area contributed by atoms with Crippen LogP contribution in [0.3, 0.4) is 0 Å². The molecule has 4 heteroatoms. The number of benzene rings is 1. The summed E-state index contributed by atoms with van der Waals surface area (Å²) in [6.07, 6.45) is 0.901. The first-order valence-corrected chi connectivity index (χ1v) is 7.06. The van der Waals surface area contributed by atoms with Gasteiger partial charge in [0, 0.05) is 18.2 Å². The number of rotatable bonds is 4. The predicted molar refractivity (Wildman–Crippen MR) is 72.1 cm³/mol. The van der Waals surface area contributed by atoms with E-state index in [1.807, 2.05) is 12.1 Å². The highest BCUT2D eigenvalue weighted by Crippen LogP contribution is 2.10. The van der Waals surface area contributed by atoms with Crippen LogP contribution in [0.25, 0.3) is 0 Å². The molecular formula is C13H18N2OS. The Morgan fingerprint density at radius 3 is 3.06 bits per heavy atom. The lowest BCUT2D eigenvalue weighted by Crippen LogP contribution is -2.42. The molecule has 1 aliphatic heterocycles. The van der Waals surface area contributed by atoms with E-state index in [4.69, 9.17) is 0 Å². The standard InChI is InChI=1S/C13H18N2OS/c1-10-4-2-3-5-11(10)6-7-14-13(16)12-8-17-9-15-12/h2-5,12,15H,6-9H2,1H3,(H,14,16). The number of amides is 1. The third-order valence-electron chi connectivity index (χ3n) is 2.99. The molecule has 1 aromatic rings. The summed E-state index contributed by atoms with van der Waals surface area (Å²) in [6, 6.07) is 8.30. The van der Waals surface area contributed by atoms with Crippen molar-refractivity contribution >= 4 is 17.7 Å². The maximum Gasteiger partial charge on any atom is 0.238 e. The molecule has 1 heterocycles. The van der Waals surface area contributed by atoms with Crippen LogP contribution in [0.5, 0.6) is 0 Å². The molecule has 2 rings (SSSR count). The van der Waals surface area contributed by atoms with Crippen molar-refractivity contribution in [1.29, 1.82) is 0 Å². The van der Waals surface area contributed by atoms with Gasteiger partial charge < -0.3 is 5.32 Å². The monoisotopic (exact) mass is 250 g/mol. The number of hydrogen-bond donors (Lipinski definition) is 2. The van der Waals surface area contributed by atoms with Gasteiger partial charge in [0.05, 0.1) is 6.04 Å². The van der Waals surface area contributed by atoms with Crippen LogP contribution < -0.4 is 10.6 Å². The number of aryl methyl sites for hydroxylation is 1. The van der Waals surface area contributed by atoms with Crippen molar-refractivity contribution in [1.82, 2.24) is 10.6 Å². The lowest BCUT2D eigenvalue weighted by Gasteiger charge is -2.11. The van der Waals surface area contributed by atoms with Crippen LogP contribution in [0.4, 0.5) is 0 Å². The molecule has 0 aliphatic carbocycles. The van der Waals surface area contributed by atoms with Gasteiger partial charge in [-0.05, 0) is 24.5 Å². The predicted octanol–water partition coefficient (Wildman–Crippen LogP) is 1.32. The number of carbonyl (C=O) groups excluding carboxylic acids is 1. The Hall–Kier alpha value is -1.000. The van der Waals surface area contributed by atoms with Crippen molar-refractivity contribution in [2.45, 2.75) is 19.4 Å². The van der Waals surface area contributed by atoms with E-state index < -0.39 is 0 Å². The van der Waals surface area contributed by atoms with Crippen LogP contribution in [0.1, 0.15) is 11.1 Å². The summed E-state index contributed by atoms with van der Waals surface area (Å²) in [7, 11) is 0. The number of thioether (sulfide) groups is 1. The third-order valence-corrected chi connectivity index (χ3v) is 3.93. The number of carbonyl (C=O) groups is 1. The Morgan fingerprint density at radius 2 is 2.35 bits per heavy atom. The maximum atomic E-state index is 11.7. The van der Waals surface area contributed by atoms with E-state index in [1.165, 1.54) is 11.1 Å². The number of nitrogens with one attached hydrogen (secondary N) is 2. The van der Waals surface area contributed by atoms with Crippen LogP contribution in [-0.2, 0) is 11.2 Å². The van der Waals surface area contributed by atoms with Crippen LogP contribution in [0.15, 0.2) is 24.3 Å². The second-order valence-corrected chi connectivity index (χ2v) is 5.27. The largest absolute Gasteiger partial charge is 0.354 e. The van der Waals surface area contributed by atoms with Crippen molar-refractivity contribution < 1.29 is 4.79 Å². The molecule has 0 aromatic heterocycles. The van der Waals surface area contributed by atoms with Crippen LogP contribution >= 0.6 is 11.8 Å². The van der Waals surface area contributed by atoms with Gasteiger partial charge in [0.15, 0.2) is 0 Å². The molecule has 92 valence electrons. The van der Waals surface area contributed by atoms with Crippen LogP contribution in [-0.4, -0.2) is 30.1 Å². The average Bonchev–Trinajstić information content (AvgIpc) is 2.85. The normalized spacial score (nSPS) is 19.2. The molecule has 1 amide bonds. The molecule has 1 aromatic carbocycles. The van der Waals surface area contributed by atoms with E-state index in [-0.39, 0.29) is 11.9 Å². The second kappa shape index (κ2) is 6.07. The fourth-order valence-electron chi connectivity index (χ4n) is 1.90. The van der Waals surface area contributed by atoms with Gasteiger partial charge in [0.25, 0.3) is 0 Å². The van der Waals surface area contributed by atoms with E-state index in [9.17, 15) is 4.79 Å². The fourth-order valence-corrected chi connectivity index (χ4v) is 2.84. The average molecular weight is 250 g/mol. The fraction of sp³-hybridized carbons (Fsp3) is 0.462. The zero-order valence-electron chi connectivity index (χ0n) is 10.0. The van der Waals surface area contributed by atoms with E-state index in [0.717, 1.165) is 18.1 Å². The molecule has 1 unspecified atom stereocenters. The molecule has 3 nitrogen and oxygen atoms in total. The summed E-state index contributed by atoms with van der Waals surface area (Å²) in [5.41, 5.74) is 2.60. The molecule has 1 saturated heterocycles. The lowest BCUT2D eigenvalue weighted by molar-refractivity contribution is -0.122. The zero-order chi connectivity index (χ0) is 12.1. The highest BCUT2D eigenvalue weighted by Gasteiger charge is 2.21. The van der Waals surface area contributed by atoms with E-state index in [1.54, 1.807) is 11.8 Å². The van der Waals surface area contributed by atoms with Crippen LogP contribution in [0, 0.1) is 6.92 Å². The molecular weight excluding hydrogens is 232 g/mol. The Bertz CT molecular complexity index is 389. The minimum absolute atomic E-state index is 0.00290. The summed E-state index contributed by atoms with van der Waals surface area (Å²) < 4.78 is 0. The number of hydrogen-bond acceptors (Lipinski definition) is 3. The third kappa shape index (κ3) is 3.48. The molecule has 1 atom stereocenters. The second-order valence-electron chi connectivity index (χ2n) is 4.24. The first-order chi connectivity index (χ1) is 8.27. The van der Waals surface area contributed by atoms with Gasteiger partial charge in [0.1, 0.15) is 0 Å². The van der Waals surface area contributed by atoms with Gasteiger partial charge in [0.2, 0.25) is 5.91 Å². The van der Waals surface area contributed by atoms with Gasteiger partial charge in [-0.1, -0.05) is 24.3 Å². The maximum absolute atomic E-state index is 11.7. The highest BCUT2D eigenvalue weighted by atomic mass is 32.2. The molecule has 1 fully saturated rings. The summed E-state index contributed by atoms with van der Waals surface area (Å²) in [6.45, 7) is 2.82. The molecule has 17 heavy (non-hydrogen) atoms. The molecule has 0 spiro atoms. The summed E-state index contributed by atoms with van der Waals surface area (Å²) in [5.74, 6) is 1.90. The molecule has 1 aliphatic rings. The van der Waals surface area contributed by atoms with E-state index >= 15 is 0 Å². The van der Waals surface area contributed by atoms with Gasteiger partial charge in [-0.3, -0.25) is 10.1 Å². The van der Waals surface area contributed by atoms with Crippen molar-refractivity contribution in [3.63, 3.8) is 0 Å². The van der Waals surface area contributed by atoms with Gasteiger partial charge in [-0.2, -0.15) is 0 Å². The summed E-state index contributed by atoms with van der Waals surface area (Å²) in [4.78, 5) is 11.7. The Balaban J connectivity index is 1.76. The van der Waals surface area contributed by atoms with Gasteiger partial charge >= 0.3 is 0 Å². The molecule has 0 radical (unpaired) electrons. The minimum Gasteiger partial charge on any atom is -0.354 e. The highest BCUT2D eigenvalue weighted by molar-refractivity contribution is 7.99. The van der Waals surface area contributed by atoms with E-state index in [0.29, 0.717) is 6.54 Å². The van der Waals surface area contributed by atoms with Crippen molar-refractivity contribution in [3.8, 4) is 0 Å². The first kappa shape index (κ1) is 12.5. The summed E-state index contributed by atoms with van der Waals surface area (Å²) >= 11 is 1.77. The van der Waals surface area contributed by atoms with Crippen LogP contribution in [0.2, 0.25) is 0 Å². The SMILES string of the molecule is Cc1ccccc1CCNC(=O)C1CSCN1. The van der Waals surface area contributed by atoms with Crippen molar-refractivity contribution in [3.05, 3.63) is 35.4 Å². The Labute approximate surface area is 106 Å². The molecule has 0 saturated carbocycles. The summed E-state index contributed by atoms with van der Waals surface area (Å²) in [5, 5.41) is 6.15. The Kier molecular flexibility index (Phi) is 4.45. The van der Waals surface area contributed by atoms with Crippen molar-refractivity contribution in [2.24, 2.45) is 0 Å². The Morgan fingerprint density at radius 1 is 1.53 bits per heavy atom.